The van der Waals surface area contributed by atoms with E-state index in [4.69, 9.17) is 5.73 Å². The zero-order chi connectivity index (χ0) is 24.4. The highest BCUT2D eigenvalue weighted by Crippen LogP contribution is 2.93. The van der Waals surface area contributed by atoms with E-state index in [0.29, 0.717) is 29.0 Å². The highest BCUT2D eigenvalue weighted by Gasteiger charge is 2.94. The van der Waals surface area contributed by atoms with Gasteiger partial charge in [-0.3, -0.25) is 9.69 Å². The summed E-state index contributed by atoms with van der Waals surface area (Å²) < 4.78 is 0. The van der Waals surface area contributed by atoms with Crippen molar-refractivity contribution < 1.29 is 15.0 Å². The number of aliphatic hydroxyl groups excluding tert-OH is 1. The van der Waals surface area contributed by atoms with Gasteiger partial charge in [-0.05, 0) is 91.3 Å². The van der Waals surface area contributed by atoms with Gasteiger partial charge in [-0.25, -0.2) is 0 Å². The number of phenolic OH excluding ortho intramolecular Hbond substituents is 1. The SMILES string of the molecule is N[C@H](CO)CN1CCC23c4cc(O)ccc4CC1C21C[C@@H]2CN(C(=O)c4ccccc4)C4CCC21C43. The van der Waals surface area contributed by atoms with Crippen LogP contribution in [0.15, 0.2) is 48.5 Å². The molecule has 4 bridgehead atoms. The minimum atomic E-state index is -0.221. The van der Waals surface area contributed by atoms with Crippen molar-refractivity contribution in [3.8, 4) is 5.75 Å². The molecule has 3 saturated carbocycles. The van der Waals surface area contributed by atoms with Crippen LogP contribution in [0.25, 0.3) is 0 Å². The maximum Gasteiger partial charge on any atom is 0.254 e. The third-order valence-corrected chi connectivity index (χ3v) is 11.8. The number of benzene rings is 2. The van der Waals surface area contributed by atoms with Crippen LogP contribution in [0.3, 0.4) is 0 Å². The molecule has 4 aliphatic carbocycles. The second-order valence-electron chi connectivity index (χ2n) is 12.5. The molecule has 36 heavy (non-hydrogen) atoms. The molecule has 2 saturated heterocycles. The molecule has 6 nitrogen and oxygen atoms in total. The molecule has 2 aromatic rings. The number of piperidine rings is 2. The fraction of sp³-hybridized carbons (Fsp3) is 0.567. The van der Waals surface area contributed by atoms with Gasteiger partial charge in [-0.1, -0.05) is 24.3 Å². The lowest BCUT2D eigenvalue weighted by molar-refractivity contribution is -0.395. The minimum absolute atomic E-state index is 0.0110. The lowest BCUT2D eigenvalue weighted by Crippen LogP contribution is -2.93. The van der Waals surface area contributed by atoms with Gasteiger partial charge < -0.3 is 20.8 Å². The zero-order valence-corrected chi connectivity index (χ0v) is 20.6. The van der Waals surface area contributed by atoms with Crippen LogP contribution >= 0.6 is 0 Å². The van der Waals surface area contributed by atoms with E-state index in [1.807, 2.05) is 36.4 Å². The number of carbonyl (C=O) groups is 1. The molecule has 4 N–H and O–H groups in total. The summed E-state index contributed by atoms with van der Waals surface area (Å²) in [7, 11) is 0. The Morgan fingerprint density at radius 3 is 2.81 bits per heavy atom. The van der Waals surface area contributed by atoms with E-state index in [9.17, 15) is 15.0 Å². The number of hydrogen-bond acceptors (Lipinski definition) is 5. The van der Waals surface area contributed by atoms with Crippen LogP contribution in [0.1, 0.15) is 47.2 Å². The molecule has 5 fully saturated rings. The van der Waals surface area contributed by atoms with Crippen molar-refractivity contribution in [3.05, 3.63) is 65.2 Å². The van der Waals surface area contributed by atoms with E-state index < -0.39 is 0 Å². The number of nitrogens with zero attached hydrogens (tertiary/aromatic N) is 2. The molecule has 8 atom stereocenters. The molecule has 2 heterocycles. The number of rotatable bonds is 4. The summed E-state index contributed by atoms with van der Waals surface area (Å²) in [6.07, 6.45) is 5.48. The average Bonchev–Trinajstić information content (AvgIpc) is 3.22. The Morgan fingerprint density at radius 1 is 1.17 bits per heavy atom. The molecule has 6 heteroatoms. The molecule has 6 unspecified atom stereocenters. The molecular formula is C30H35N3O3. The molecule has 2 aliphatic heterocycles. The lowest BCUT2D eigenvalue weighted by Gasteiger charge is -2.91. The first-order valence-corrected chi connectivity index (χ1v) is 13.8. The maximum atomic E-state index is 13.8. The molecule has 188 valence electrons. The predicted molar refractivity (Wildman–Crippen MR) is 135 cm³/mol. The van der Waals surface area contributed by atoms with Gasteiger partial charge in [-0.15, -0.1) is 0 Å². The van der Waals surface area contributed by atoms with E-state index in [1.54, 1.807) is 0 Å². The number of carbonyl (C=O) groups excluding carboxylic acids is 1. The van der Waals surface area contributed by atoms with E-state index in [0.717, 1.165) is 50.9 Å². The van der Waals surface area contributed by atoms with Crippen molar-refractivity contribution in [2.24, 2.45) is 28.4 Å². The predicted octanol–water partition coefficient (Wildman–Crippen LogP) is 2.52. The summed E-state index contributed by atoms with van der Waals surface area (Å²) in [5.74, 6) is 1.56. The Hall–Kier alpha value is -2.41. The Kier molecular flexibility index (Phi) is 4.16. The number of likely N-dealkylation sites (tertiary alicyclic amines) is 2. The van der Waals surface area contributed by atoms with E-state index in [2.05, 4.69) is 21.9 Å². The second-order valence-corrected chi connectivity index (χ2v) is 12.5. The smallest absolute Gasteiger partial charge is 0.254 e. The zero-order valence-electron chi connectivity index (χ0n) is 20.6. The molecule has 2 aromatic carbocycles. The van der Waals surface area contributed by atoms with E-state index in [-0.39, 0.29) is 35.4 Å². The molecule has 0 aromatic heterocycles. The summed E-state index contributed by atoms with van der Waals surface area (Å²) in [5.41, 5.74) is 10.3. The summed E-state index contributed by atoms with van der Waals surface area (Å²) >= 11 is 0. The van der Waals surface area contributed by atoms with Gasteiger partial charge >= 0.3 is 0 Å². The third-order valence-electron chi connectivity index (χ3n) is 11.8. The number of nitrogens with two attached hydrogens (primary N) is 1. The van der Waals surface area contributed by atoms with Crippen LogP contribution < -0.4 is 5.73 Å². The van der Waals surface area contributed by atoms with Crippen molar-refractivity contribution in [2.75, 3.05) is 26.2 Å². The number of phenols is 1. The quantitative estimate of drug-likeness (QED) is 0.619. The van der Waals surface area contributed by atoms with Gasteiger partial charge in [0.05, 0.1) is 6.61 Å². The molecule has 6 aliphatic rings. The van der Waals surface area contributed by atoms with Crippen LogP contribution in [-0.2, 0) is 11.8 Å². The first-order valence-electron chi connectivity index (χ1n) is 13.8. The number of fused-ring (bicyclic) bond motifs is 1. The van der Waals surface area contributed by atoms with Crippen LogP contribution in [0, 0.1) is 22.7 Å². The summed E-state index contributed by atoms with van der Waals surface area (Å²) in [4.78, 5) is 18.6. The van der Waals surface area contributed by atoms with Gasteiger partial charge in [0.15, 0.2) is 0 Å². The normalized spacial score (nSPS) is 41.9. The fourth-order valence-electron chi connectivity index (χ4n) is 11.2. The first-order chi connectivity index (χ1) is 17.5. The van der Waals surface area contributed by atoms with Crippen molar-refractivity contribution in [2.45, 2.75) is 55.6 Å². The van der Waals surface area contributed by atoms with Crippen molar-refractivity contribution in [3.63, 3.8) is 0 Å². The summed E-state index contributed by atoms with van der Waals surface area (Å²) in [5, 5.41) is 20.4. The molecule has 8 rings (SSSR count). The summed E-state index contributed by atoms with van der Waals surface area (Å²) in [6, 6.07) is 16.3. The monoisotopic (exact) mass is 485 g/mol. The van der Waals surface area contributed by atoms with Gasteiger partial charge in [-0.2, -0.15) is 0 Å². The van der Waals surface area contributed by atoms with Crippen LogP contribution in [0.2, 0.25) is 0 Å². The van der Waals surface area contributed by atoms with Crippen LogP contribution in [-0.4, -0.2) is 70.3 Å². The largest absolute Gasteiger partial charge is 0.508 e. The maximum absolute atomic E-state index is 13.8. The van der Waals surface area contributed by atoms with Crippen LogP contribution in [0.4, 0.5) is 0 Å². The topological polar surface area (TPSA) is 90.0 Å². The molecule has 2 spiro atoms. The van der Waals surface area contributed by atoms with E-state index >= 15 is 0 Å². The van der Waals surface area contributed by atoms with Gasteiger partial charge in [0.25, 0.3) is 5.91 Å². The number of amides is 1. The highest BCUT2D eigenvalue weighted by molar-refractivity contribution is 5.94. The second kappa shape index (κ2) is 6.91. The van der Waals surface area contributed by atoms with Gasteiger partial charge in [0.1, 0.15) is 5.75 Å². The number of aromatic hydroxyl groups is 1. The van der Waals surface area contributed by atoms with Crippen molar-refractivity contribution in [1.29, 1.82) is 0 Å². The Balaban J connectivity index is 1.27. The van der Waals surface area contributed by atoms with Gasteiger partial charge in [0.2, 0.25) is 0 Å². The van der Waals surface area contributed by atoms with E-state index in [1.165, 1.54) is 17.5 Å². The molecule has 0 radical (unpaired) electrons. The van der Waals surface area contributed by atoms with Gasteiger partial charge in [0, 0.05) is 47.6 Å². The van der Waals surface area contributed by atoms with Crippen molar-refractivity contribution in [1.82, 2.24) is 9.80 Å². The summed E-state index contributed by atoms with van der Waals surface area (Å²) in [6.45, 7) is 2.59. The Labute approximate surface area is 212 Å². The first kappa shape index (κ1) is 21.7. The minimum Gasteiger partial charge on any atom is -0.508 e. The molecule has 1 amide bonds. The third kappa shape index (κ3) is 2.14. The standard InChI is InChI=1S/C30H35N3O3/c31-21(17-34)16-32-11-10-29-23-13-22(35)7-6-19(23)12-25(32)30(29)14-20-15-33(24-8-9-28(20,30)26(24)29)27(36)18-4-2-1-3-5-18/h1-7,13,20-21,24-26,34-35H,8-12,14-17,31H2/t20-,21+,24?,25?,26?,28?,29?,30?/m1/s1. The van der Waals surface area contributed by atoms with Crippen LogP contribution in [0.5, 0.6) is 5.75 Å². The average molecular weight is 486 g/mol. The Morgan fingerprint density at radius 2 is 2.00 bits per heavy atom. The van der Waals surface area contributed by atoms with Crippen molar-refractivity contribution >= 4 is 5.91 Å². The lowest BCUT2D eigenvalue weighted by atomic mass is 9.15. The Bertz CT molecular complexity index is 1270. The highest BCUT2D eigenvalue weighted by atomic mass is 16.3. The molecular weight excluding hydrogens is 450 g/mol. The number of aliphatic hydroxyl groups is 1. The number of hydrogen-bond donors (Lipinski definition) is 3. The fourth-order valence-corrected chi connectivity index (χ4v) is 11.2.